The van der Waals surface area contributed by atoms with Crippen LogP contribution >= 0.6 is 0 Å². The molecule has 0 bridgehead atoms. The number of carbonyl (C=O) groups excluding carboxylic acids is 1. The zero-order valence-corrected chi connectivity index (χ0v) is 22.0. The molecule has 2 aromatic carbocycles. The molecule has 0 atom stereocenters. The second-order valence-corrected chi connectivity index (χ2v) is 11.2. The SMILES string of the molecule is CC(C)N(C1CCN(C(=O)CCNc2cccc(OC(F)(F)F)c2)CC1)S(=O)(=O)c1cccc(C(F)(F)F)c1. The molecular weight excluding hydrogens is 552 g/mol. The van der Waals surface area contributed by atoms with Gasteiger partial charge in [-0.05, 0) is 57.0 Å². The van der Waals surface area contributed by atoms with E-state index >= 15 is 0 Å². The first-order chi connectivity index (χ1) is 18.1. The van der Waals surface area contributed by atoms with Gasteiger partial charge in [-0.3, -0.25) is 4.79 Å². The van der Waals surface area contributed by atoms with Crippen molar-refractivity contribution in [3.05, 3.63) is 54.1 Å². The standard InChI is InChI=1S/C25H29F6N3O4S/c1-17(2)34(39(36,37)22-8-3-5-18(15-22)24(26,27)28)20-10-13-33(14-11-20)23(35)9-12-32-19-6-4-7-21(16-19)38-25(29,30)31/h3-8,15-17,20,32H,9-14H2,1-2H3. The van der Waals surface area contributed by atoms with Gasteiger partial charge >= 0.3 is 12.5 Å². The predicted molar refractivity (Wildman–Crippen MR) is 131 cm³/mol. The lowest BCUT2D eigenvalue weighted by molar-refractivity contribution is -0.274. The van der Waals surface area contributed by atoms with E-state index in [1.165, 1.54) is 16.4 Å². The van der Waals surface area contributed by atoms with Gasteiger partial charge in [-0.15, -0.1) is 13.2 Å². The van der Waals surface area contributed by atoms with Gasteiger partial charge in [-0.25, -0.2) is 8.42 Å². The average molecular weight is 582 g/mol. The highest BCUT2D eigenvalue weighted by atomic mass is 32.2. The third kappa shape index (κ3) is 8.24. The minimum Gasteiger partial charge on any atom is -0.406 e. The number of hydrogen-bond acceptors (Lipinski definition) is 5. The van der Waals surface area contributed by atoms with E-state index in [1.54, 1.807) is 18.7 Å². The van der Waals surface area contributed by atoms with Crippen LogP contribution in [0.3, 0.4) is 0 Å². The van der Waals surface area contributed by atoms with E-state index in [1.807, 2.05) is 0 Å². The van der Waals surface area contributed by atoms with Gasteiger partial charge in [-0.2, -0.15) is 17.5 Å². The van der Waals surface area contributed by atoms with Crippen LogP contribution < -0.4 is 10.1 Å². The summed E-state index contributed by atoms with van der Waals surface area (Å²) in [5, 5.41) is 2.87. The number of nitrogens with one attached hydrogen (secondary N) is 1. The van der Waals surface area contributed by atoms with Crippen LogP contribution in [0.2, 0.25) is 0 Å². The summed E-state index contributed by atoms with van der Waals surface area (Å²) < 4.78 is 108. The van der Waals surface area contributed by atoms with Gasteiger partial charge in [0.15, 0.2) is 0 Å². The molecule has 1 amide bonds. The summed E-state index contributed by atoms with van der Waals surface area (Å²) in [6, 6.07) is 7.82. The van der Waals surface area contributed by atoms with E-state index in [4.69, 9.17) is 0 Å². The van der Waals surface area contributed by atoms with E-state index in [0.717, 1.165) is 30.3 Å². The number of halogens is 6. The van der Waals surface area contributed by atoms with Gasteiger partial charge in [0.05, 0.1) is 10.5 Å². The van der Waals surface area contributed by atoms with Gasteiger partial charge in [0.1, 0.15) is 5.75 Å². The minimum absolute atomic E-state index is 0.0471. The molecule has 1 N–H and O–H groups in total. The second-order valence-electron chi connectivity index (χ2n) is 9.32. The third-order valence-electron chi connectivity index (χ3n) is 6.16. The molecule has 2 aromatic rings. The lowest BCUT2D eigenvalue weighted by Crippen LogP contribution is -2.51. The Bertz CT molecular complexity index is 1240. The Morgan fingerprint density at radius 1 is 1.05 bits per heavy atom. The molecule has 0 spiro atoms. The maximum absolute atomic E-state index is 13.3. The quantitative estimate of drug-likeness (QED) is 0.396. The molecule has 1 saturated heterocycles. The van der Waals surface area contributed by atoms with Crippen molar-refractivity contribution in [1.82, 2.24) is 9.21 Å². The number of benzene rings is 2. The Morgan fingerprint density at radius 2 is 1.69 bits per heavy atom. The Balaban J connectivity index is 1.58. The Hall–Kier alpha value is -3.00. The first kappa shape index (κ1) is 30.5. The van der Waals surface area contributed by atoms with Crippen molar-refractivity contribution in [2.24, 2.45) is 0 Å². The summed E-state index contributed by atoms with van der Waals surface area (Å²) in [7, 11) is -4.24. The normalized spacial score (nSPS) is 15.6. The molecule has 1 aliphatic rings. The van der Waals surface area contributed by atoms with Crippen LogP contribution in [0.15, 0.2) is 53.4 Å². The Kier molecular flexibility index (Phi) is 9.42. The molecule has 0 unspecified atom stereocenters. The predicted octanol–water partition coefficient (Wildman–Crippen LogP) is 5.50. The first-order valence-corrected chi connectivity index (χ1v) is 13.6. The van der Waals surface area contributed by atoms with E-state index in [-0.39, 0.29) is 32.0 Å². The van der Waals surface area contributed by atoms with E-state index in [2.05, 4.69) is 10.1 Å². The summed E-state index contributed by atoms with van der Waals surface area (Å²) in [6.07, 6.45) is -8.86. The molecule has 1 aliphatic heterocycles. The number of likely N-dealkylation sites (tertiary alicyclic amines) is 1. The van der Waals surface area contributed by atoms with Crippen molar-refractivity contribution in [2.75, 3.05) is 25.0 Å². The van der Waals surface area contributed by atoms with Crippen LogP contribution in [0.25, 0.3) is 0 Å². The highest BCUT2D eigenvalue weighted by Gasteiger charge is 2.38. The molecule has 0 saturated carbocycles. The number of amides is 1. The highest BCUT2D eigenvalue weighted by molar-refractivity contribution is 7.89. The maximum Gasteiger partial charge on any atom is 0.573 e. The number of nitrogens with zero attached hydrogens (tertiary/aromatic N) is 2. The first-order valence-electron chi connectivity index (χ1n) is 12.2. The van der Waals surface area contributed by atoms with Crippen LogP contribution in [-0.2, 0) is 21.0 Å². The monoisotopic (exact) mass is 581 g/mol. The van der Waals surface area contributed by atoms with Crippen LogP contribution in [0.4, 0.5) is 32.0 Å². The number of hydrogen-bond donors (Lipinski definition) is 1. The Labute approximate surface area is 222 Å². The maximum atomic E-state index is 13.3. The summed E-state index contributed by atoms with van der Waals surface area (Å²) >= 11 is 0. The molecular formula is C25H29F6N3O4S. The summed E-state index contributed by atoms with van der Waals surface area (Å²) in [5.74, 6) is -0.615. The molecule has 0 aliphatic carbocycles. The fourth-order valence-electron chi connectivity index (χ4n) is 4.49. The molecule has 14 heteroatoms. The van der Waals surface area contributed by atoms with Crippen LogP contribution in [0.5, 0.6) is 5.75 Å². The second kappa shape index (κ2) is 12.0. The average Bonchev–Trinajstić information content (AvgIpc) is 2.83. The number of anilines is 1. The number of sulfonamides is 1. The Morgan fingerprint density at radius 3 is 2.28 bits per heavy atom. The summed E-state index contributed by atoms with van der Waals surface area (Å²) in [5.41, 5.74) is -0.712. The van der Waals surface area contributed by atoms with Crippen molar-refractivity contribution in [2.45, 2.75) is 62.6 Å². The molecule has 3 rings (SSSR count). The number of carbonyl (C=O) groups is 1. The van der Waals surface area contributed by atoms with Gasteiger partial charge in [-0.1, -0.05) is 12.1 Å². The van der Waals surface area contributed by atoms with Crippen molar-refractivity contribution < 1.29 is 44.3 Å². The third-order valence-corrected chi connectivity index (χ3v) is 8.28. The smallest absolute Gasteiger partial charge is 0.406 e. The van der Waals surface area contributed by atoms with E-state index in [0.29, 0.717) is 24.6 Å². The van der Waals surface area contributed by atoms with Crippen LogP contribution in [0.1, 0.15) is 38.7 Å². The number of ether oxygens (including phenoxy) is 1. The lowest BCUT2D eigenvalue weighted by atomic mass is 10.0. The van der Waals surface area contributed by atoms with Crippen molar-refractivity contribution in [3.8, 4) is 5.75 Å². The number of piperidine rings is 1. The van der Waals surface area contributed by atoms with Crippen LogP contribution in [0, 0.1) is 0 Å². The minimum atomic E-state index is -4.82. The molecule has 1 fully saturated rings. The molecule has 7 nitrogen and oxygen atoms in total. The van der Waals surface area contributed by atoms with Crippen molar-refractivity contribution in [3.63, 3.8) is 0 Å². The molecule has 39 heavy (non-hydrogen) atoms. The molecule has 0 aromatic heterocycles. The van der Waals surface area contributed by atoms with Crippen LogP contribution in [-0.4, -0.2) is 61.6 Å². The van der Waals surface area contributed by atoms with Gasteiger partial charge < -0.3 is 15.0 Å². The summed E-state index contributed by atoms with van der Waals surface area (Å²) in [6.45, 7) is 3.93. The van der Waals surface area contributed by atoms with E-state index < -0.39 is 50.9 Å². The van der Waals surface area contributed by atoms with Crippen molar-refractivity contribution in [1.29, 1.82) is 0 Å². The number of rotatable bonds is 9. The van der Waals surface area contributed by atoms with Gasteiger partial charge in [0.2, 0.25) is 15.9 Å². The summed E-state index contributed by atoms with van der Waals surface area (Å²) in [4.78, 5) is 13.8. The topological polar surface area (TPSA) is 79.0 Å². The number of alkyl halides is 6. The van der Waals surface area contributed by atoms with Gasteiger partial charge in [0.25, 0.3) is 0 Å². The highest BCUT2D eigenvalue weighted by Crippen LogP contribution is 2.33. The van der Waals surface area contributed by atoms with Crippen molar-refractivity contribution >= 4 is 21.6 Å². The van der Waals surface area contributed by atoms with Gasteiger partial charge in [0, 0.05) is 49.9 Å². The molecule has 1 heterocycles. The fraction of sp³-hybridized carbons (Fsp3) is 0.480. The zero-order valence-electron chi connectivity index (χ0n) is 21.2. The molecule has 216 valence electrons. The zero-order chi connectivity index (χ0) is 29.0. The largest absolute Gasteiger partial charge is 0.573 e. The van der Waals surface area contributed by atoms with E-state index in [9.17, 15) is 39.6 Å². The molecule has 0 radical (unpaired) electrons. The lowest BCUT2D eigenvalue weighted by Gasteiger charge is -2.39. The fourth-order valence-corrected chi connectivity index (χ4v) is 6.42.